The molecule has 0 aliphatic heterocycles. The molecule has 35 heavy (non-hydrogen) atoms. The number of sulfonamides is 1. The van der Waals surface area contributed by atoms with Crippen LogP contribution in [-0.2, 0) is 26.2 Å². The van der Waals surface area contributed by atoms with Crippen LogP contribution in [0.25, 0.3) is 0 Å². The van der Waals surface area contributed by atoms with Crippen molar-refractivity contribution in [3.8, 4) is 0 Å². The Balaban J connectivity index is 2.02. The maximum absolute atomic E-state index is 13.7. The van der Waals surface area contributed by atoms with E-state index in [9.17, 15) is 18.0 Å². The van der Waals surface area contributed by atoms with E-state index in [0.29, 0.717) is 5.69 Å². The van der Waals surface area contributed by atoms with E-state index in [0.717, 1.165) is 21.0 Å². The van der Waals surface area contributed by atoms with Gasteiger partial charge in [0.1, 0.15) is 12.6 Å². The summed E-state index contributed by atoms with van der Waals surface area (Å²) in [4.78, 5) is 27.7. The lowest BCUT2D eigenvalue weighted by atomic mass is 10.1. The molecule has 0 aromatic heterocycles. The highest BCUT2D eigenvalue weighted by Gasteiger charge is 2.32. The lowest BCUT2D eigenvalue weighted by molar-refractivity contribution is -0.139. The molecule has 3 rings (SSSR count). The molecule has 2 amide bonds. The van der Waals surface area contributed by atoms with Crippen LogP contribution < -0.4 is 9.62 Å². The molecule has 0 bridgehead atoms. The van der Waals surface area contributed by atoms with Crippen LogP contribution in [0.15, 0.2) is 83.8 Å². The van der Waals surface area contributed by atoms with E-state index in [4.69, 9.17) is 0 Å². The summed E-state index contributed by atoms with van der Waals surface area (Å²) in [6, 6.07) is 21.9. The molecule has 0 saturated heterocycles. The van der Waals surface area contributed by atoms with Crippen LogP contribution >= 0.6 is 0 Å². The van der Waals surface area contributed by atoms with Crippen molar-refractivity contribution in [2.45, 2.75) is 38.3 Å². The average Bonchev–Trinajstić information content (AvgIpc) is 2.85. The summed E-state index contributed by atoms with van der Waals surface area (Å²) in [6.45, 7) is 5.16. The SMILES string of the molecule is CNC(=O)C(C)N(Cc1cccc(C)c1)C(=O)CN(c1cccc(C)c1)S(=O)(=O)c1ccccc1. The third-order valence-corrected chi connectivity index (χ3v) is 7.54. The number of carbonyl (C=O) groups is 2. The maximum Gasteiger partial charge on any atom is 0.264 e. The number of benzene rings is 3. The van der Waals surface area contributed by atoms with Crippen molar-refractivity contribution in [1.29, 1.82) is 0 Å². The van der Waals surface area contributed by atoms with Gasteiger partial charge < -0.3 is 10.2 Å². The predicted octanol–water partition coefficient (Wildman–Crippen LogP) is 3.66. The molecule has 8 heteroatoms. The van der Waals surface area contributed by atoms with E-state index in [-0.39, 0.29) is 17.3 Å². The molecule has 1 unspecified atom stereocenters. The largest absolute Gasteiger partial charge is 0.357 e. The van der Waals surface area contributed by atoms with Crippen molar-refractivity contribution in [2.75, 3.05) is 17.9 Å². The minimum Gasteiger partial charge on any atom is -0.357 e. The monoisotopic (exact) mass is 493 g/mol. The minimum absolute atomic E-state index is 0.0823. The zero-order valence-corrected chi connectivity index (χ0v) is 21.2. The van der Waals surface area contributed by atoms with Gasteiger partial charge in [0.05, 0.1) is 10.6 Å². The van der Waals surface area contributed by atoms with Gasteiger partial charge in [-0.3, -0.25) is 13.9 Å². The predicted molar refractivity (Wildman–Crippen MR) is 137 cm³/mol. The number of aryl methyl sites for hydroxylation is 2. The van der Waals surface area contributed by atoms with Gasteiger partial charge >= 0.3 is 0 Å². The molecule has 7 nitrogen and oxygen atoms in total. The molecule has 3 aromatic carbocycles. The van der Waals surface area contributed by atoms with Gasteiger partial charge in [0.2, 0.25) is 11.8 Å². The third-order valence-electron chi connectivity index (χ3n) is 5.75. The molecule has 3 aromatic rings. The Bertz CT molecular complexity index is 1290. The number of hydrogen-bond acceptors (Lipinski definition) is 4. The van der Waals surface area contributed by atoms with Crippen LogP contribution in [0.3, 0.4) is 0 Å². The van der Waals surface area contributed by atoms with Crippen molar-refractivity contribution in [3.63, 3.8) is 0 Å². The van der Waals surface area contributed by atoms with Gasteiger partial charge in [-0.05, 0) is 56.2 Å². The normalized spacial score (nSPS) is 12.0. The second-order valence-electron chi connectivity index (χ2n) is 8.46. The Morgan fingerprint density at radius 3 is 2.11 bits per heavy atom. The van der Waals surface area contributed by atoms with Crippen molar-refractivity contribution in [3.05, 3.63) is 95.6 Å². The fraction of sp³-hybridized carbons (Fsp3) is 0.259. The number of nitrogens with one attached hydrogen (secondary N) is 1. The number of likely N-dealkylation sites (N-methyl/N-ethyl adjacent to an activating group) is 1. The van der Waals surface area contributed by atoms with Gasteiger partial charge in [-0.1, -0.05) is 60.2 Å². The lowest BCUT2D eigenvalue weighted by Crippen LogP contribution is -2.50. The number of anilines is 1. The topological polar surface area (TPSA) is 86.8 Å². The summed E-state index contributed by atoms with van der Waals surface area (Å²) in [5, 5.41) is 2.58. The van der Waals surface area contributed by atoms with E-state index in [1.807, 2.05) is 44.2 Å². The fourth-order valence-electron chi connectivity index (χ4n) is 3.83. The lowest BCUT2D eigenvalue weighted by Gasteiger charge is -2.32. The molecule has 0 spiro atoms. The fourth-order valence-corrected chi connectivity index (χ4v) is 5.26. The molecule has 0 fully saturated rings. The molecule has 0 aliphatic rings. The first-order valence-electron chi connectivity index (χ1n) is 11.3. The summed E-state index contributed by atoms with van der Waals surface area (Å²) < 4.78 is 28.4. The first-order chi connectivity index (χ1) is 16.6. The number of nitrogens with zero attached hydrogens (tertiary/aromatic N) is 2. The van der Waals surface area contributed by atoms with Crippen LogP contribution in [0.5, 0.6) is 0 Å². The van der Waals surface area contributed by atoms with Crippen molar-refractivity contribution >= 4 is 27.5 Å². The van der Waals surface area contributed by atoms with Crippen LogP contribution in [0, 0.1) is 13.8 Å². The van der Waals surface area contributed by atoms with E-state index in [1.54, 1.807) is 43.3 Å². The third kappa shape index (κ3) is 6.27. The van der Waals surface area contributed by atoms with Crippen molar-refractivity contribution in [1.82, 2.24) is 10.2 Å². The molecular formula is C27H31N3O4S. The minimum atomic E-state index is -4.05. The van der Waals surface area contributed by atoms with Crippen LogP contribution in [-0.4, -0.2) is 44.8 Å². The van der Waals surface area contributed by atoms with E-state index < -0.39 is 28.5 Å². The van der Waals surface area contributed by atoms with Crippen LogP contribution in [0.1, 0.15) is 23.6 Å². The highest BCUT2D eigenvalue weighted by Crippen LogP contribution is 2.25. The number of carbonyl (C=O) groups excluding carboxylic acids is 2. The number of amides is 2. The zero-order valence-electron chi connectivity index (χ0n) is 20.4. The Kier molecular flexibility index (Phi) is 8.30. The average molecular weight is 494 g/mol. The first-order valence-corrected chi connectivity index (χ1v) is 12.8. The Hall–Kier alpha value is -3.65. The first kappa shape index (κ1) is 26.0. The van der Waals surface area contributed by atoms with Gasteiger partial charge in [0, 0.05) is 13.6 Å². The maximum atomic E-state index is 13.7. The number of rotatable bonds is 9. The van der Waals surface area contributed by atoms with Gasteiger partial charge in [0.15, 0.2) is 0 Å². The summed E-state index contributed by atoms with van der Waals surface area (Å²) in [6.07, 6.45) is 0. The summed E-state index contributed by atoms with van der Waals surface area (Å²) in [7, 11) is -2.54. The highest BCUT2D eigenvalue weighted by atomic mass is 32.2. The van der Waals surface area contributed by atoms with Crippen LogP contribution in [0.2, 0.25) is 0 Å². The highest BCUT2D eigenvalue weighted by molar-refractivity contribution is 7.92. The summed E-state index contributed by atoms with van der Waals surface area (Å²) in [5.41, 5.74) is 3.11. The molecule has 1 atom stereocenters. The van der Waals surface area contributed by atoms with E-state index in [1.165, 1.54) is 24.1 Å². The molecular weight excluding hydrogens is 462 g/mol. The summed E-state index contributed by atoms with van der Waals surface area (Å²) >= 11 is 0. The summed E-state index contributed by atoms with van der Waals surface area (Å²) in [5.74, 6) is -0.817. The molecule has 0 heterocycles. The van der Waals surface area contributed by atoms with E-state index >= 15 is 0 Å². The van der Waals surface area contributed by atoms with Gasteiger partial charge in [-0.15, -0.1) is 0 Å². The standard InChI is InChI=1S/C27H31N3O4S/c1-20-10-8-12-23(16-20)18-29(22(3)27(32)28-4)26(31)19-30(24-13-9-11-21(2)17-24)35(33,34)25-14-6-5-7-15-25/h5-17,22H,18-19H2,1-4H3,(H,28,32). The van der Waals surface area contributed by atoms with Gasteiger partial charge in [-0.2, -0.15) is 0 Å². The molecule has 0 radical (unpaired) electrons. The number of hydrogen-bond donors (Lipinski definition) is 1. The van der Waals surface area contributed by atoms with Crippen LogP contribution in [0.4, 0.5) is 5.69 Å². The van der Waals surface area contributed by atoms with Crippen molar-refractivity contribution in [2.24, 2.45) is 0 Å². The van der Waals surface area contributed by atoms with E-state index in [2.05, 4.69) is 5.32 Å². The van der Waals surface area contributed by atoms with Crippen molar-refractivity contribution < 1.29 is 18.0 Å². The Morgan fingerprint density at radius 1 is 0.886 bits per heavy atom. The second kappa shape index (κ2) is 11.2. The quantitative estimate of drug-likeness (QED) is 0.493. The second-order valence-corrected chi connectivity index (χ2v) is 10.3. The van der Waals surface area contributed by atoms with Gasteiger partial charge in [-0.25, -0.2) is 8.42 Å². The van der Waals surface area contributed by atoms with Gasteiger partial charge in [0.25, 0.3) is 10.0 Å². The smallest absolute Gasteiger partial charge is 0.264 e. The molecule has 184 valence electrons. The molecule has 1 N–H and O–H groups in total. The molecule has 0 saturated carbocycles. The Morgan fingerprint density at radius 2 is 1.51 bits per heavy atom. The molecule has 0 aliphatic carbocycles. The Labute approximate surface area is 207 Å². The zero-order chi connectivity index (χ0) is 25.6.